The third-order valence-corrected chi connectivity index (χ3v) is 4.11. The van der Waals surface area contributed by atoms with E-state index >= 15 is 0 Å². The quantitative estimate of drug-likeness (QED) is 0.678. The van der Waals surface area contributed by atoms with Gasteiger partial charge in [0.2, 0.25) is 11.1 Å². The summed E-state index contributed by atoms with van der Waals surface area (Å²) in [6.07, 6.45) is 3.98. The zero-order chi connectivity index (χ0) is 14.2. The number of anilines is 1. The van der Waals surface area contributed by atoms with Crippen molar-refractivity contribution in [1.82, 2.24) is 40.4 Å². The summed E-state index contributed by atoms with van der Waals surface area (Å²) in [7, 11) is 0. The van der Waals surface area contributed by atoms with E-state index in [9.17, 15) is 0 Å². The van der Waals surface area contributed by atoms with Gasteiger partial charge < -0.3 is 5.32 Å². The fourth-order valence-electron chi connectivity index (χ4n) is 2.01. The smallest absolute Gasteiger partial charge is 0.225 e. The van der Waals surface area contributed by atoms with Gasteiger partial charge in [-0.25, -0.2) is 9.67 Å². The molecule has 0 atom stereocenters. The molecule has 1 aliphatic carbocycles. The fraction of sp³-hybridized carbons (Fsp3) is 0.455. The molecule has 0 amide bonds. The number of nitrogens with one attached hydrogen (secondary N) is 2. The minimum atomic E-state index is 0.428. The van der Waals surface area contributed by atoms with E-state index in [1.165, 1.54) is 11.8 Å². The Morgan fingerprint density at radius 2 is 2.33 bits per heavy atom. The van der Waals surface area contributed by atoms with Gasteiger partial charge in [0.05, 0.1) is 17.6 Å². The summed E-state index contributed by atoms with van der Waals surface area (Å²) in [4.78, 5) is 8.90. The summed E-state index contributed by atoms with van der Waals surface area (Å²) in [6.45, 7) is 2.75. The lowest BCUT2D eigenvalue weighted by molar-refractivity contribution is 0.565. The molecule has 0 unspecified atom stereocenters. The maximum Gasteiger partial charge on any atom is 0.225 e. The number of hydrogen-bond acceptors (Lipinski definition) is 8. The Bertz CT molecular complexity index is 775. The van der Waals surface area contributed by atoms with Crippen molar-refractivity contribution in [3.8, 4) is 0 Å². The highest BCUT2D eigenvalue weighted by atomic mass is 32.2. The highest BCUT2D eigenvalue weighted by molar-refractivity contribution is 7.99. The van der Waals surface area contributed by atoms with Gasteiger partial charge in [-0.15, -0.1) is 5.10 Å². The summed E-state index contributed by atoms with van der Waals surface area (Å²) in [5.41, 5.74) is 0.703. The molecule has 0 aliphatic heterocycles. The number of H-pyrrole nitrogens is 1. The molecule has 3 aromatic rings. The maximum atomic E-state index is 4.53. The second-order valence-electron chi connectivity index (χ2n) is 4.75. The van der Waals surface area contributed by atoms with Gasteiger partial charge in [0.25, 0.3) is 0 Å². The Morgan fingerprint density at radius 1 is 1.43 bits per heavy atom. The van der Waals surface area contributed by atoms with Crippen LogP contribution in [-0.2, 0) is 0 Å². The van der Waals surface area contributed by atoms with Crippen LogP contribution in [0.2, 0.25) is 0 Å². The van der Waals surface area contributed by atoms with Gasteiger partial charge in [0.15, 0.2) is 5.65 Å². The topological polar surface area (TPSA) is 110 Å². The van der Waals surface area contributed by atoms with Crippen molar-refractivity contribution in [2.45, 2.75) is 36.0 Å². The normalized spacial score (nSPS) is 14.7. The second-order valence-corrected chi connectivity index (χ2v) is 5.71. The van der Waals surface area contributed by atoms with Gasteiger partial charge in [0.1, 0.15) is 5.03 Å². The molecule has 10 heteroatoms. The van der Waals surface area contributed by atoms with E-state index in [1.807, 2.05) is 11.6 Å². The molecule has 1 fully saturated rings. The molecule has 1 aliphatic rings. The number of hydrogen-bond donors (Lipinski definition) is 2. The van der Waals surface area contributed by atoms with E-state index < -0.39 is 0 Å². The molecule has 0 saturated heterocycles. The number of nitrogens with zero attached hydrogens (tertiary/aromatic N) is 7. The molecule has 3 heterocycles. The van der Waals surface area contributed by atoms with Crippen LogP contribution in [0.25, 0.3) is 11.0 Å². The Hall–Kier alpha value is -2.23. The predicted octanol–water partition coefficient (Wildman–Crippen LogP) is 1.26. The van der Waals surface area contributed by atoms with Crippen LogP contribution in [0.5, 0.6) is 0 Å². The van der Waals surface area contributed by atoms with Gasteiger partial charge in [-0.05, 0) is 42.0 Å². The van der Waals surface area contributed by atoms with Crippen molar-refractivity contribution in [2.75, 3.05) is 11.9 Å². The molecule has 0 radical (unpaired) electrons. The molecule has 0 spiro atoms. The van der Waals surface area contributed by atoms with E-state index in [4.69, 9.17) is 0 Å². The highest BCUT2D eigenvalue weighted by Gasteiger charge is 2.28. The van der Waals surface area contributed by atoms with Crippen molar-refractivity contribution in [3.05, 3.63) is 6.20 Å². The lowest BCUT2D eigenvalue weighted by Gasteiger charge is -2.05. The number of tetrazole rings is 1. The summed E-state index contributed by atoms with van der Waals surface area (Å²) >= 11 is 1.44. The van der Waals surface area contributed by atoms with Crippen molar-refractivity contribution in [3.63, 3.8) is 0 Å². The lowest BCUT2D eigenvalue weighted by Crippen LogP contribution is -2.04. The van der Waals surface area contributed by atoms with Crippen LogP contribution >= 0.6 is 11.8 Å². The van der Waals surface area contributed by atoms with Gasteiger partial charge >= 0.3 is 0 Å². The van der Waals surface area contributed by atoms with Crippen LogP contribution < -0.4 is 5.32 Å². The van der Waals surface area contributed by atoms with Crippen LogP contribution in [0.4, 0.5) is 5.95 Å². The summed E-state index contributed by atoms with van der Waals surface area (Å²) < 4.78 is 1.87. The maximum absolute atomic E-state index is 4.53. The first-order chi connectivity index (χ1) is 10.3. The lowest BCUT2D eigenvalue weighted by atomic mass is 10.4. The first-order valence-corrected chi connectivity index (χ1v) is 7.57. The van der Waals surface area contributed by atoms with Crippen LogP contribution in [0.15, 0.2) is 16.4 Å². The zero-order valence-corrected chi connectivity index (χ0v) is 12.1. The van der Waals surface area contributed by atoms with Crippen LogP contribution in [0.3, 0.4) is 0 Å². The minimum Gasteiger partial charge on any atom is -0.354 e. The first kappa shape index (κ1) is 12.5. The Morgan fingerprint density at radius 3 is 3.14 bits per heavy atom. The third-order valence-electron chi connectivity index (χ3n) is 3.15. The molecule has 3 aromatic heterocycles. The largest absolute Gasteiger partial charge is 0.354 e. The Balaban J connectivity index is 1.74. The van der Waals surface area contributed by atoms with Crippen LogP contribution in [0.1, 0.15) is 25.8 Å². The molecule has 108 valence electrons. The van der Waals surface area contributed by atoms with Crippen LogP contribution in [-0.4, -0.2) is 46.9 Å². The van der Waals surface area contributed by atoms with Gasteiger partial charge in [0, 0.05) is 6.54 Å². The van der Waals surface area contributed by atoms with E-state index in [-0.39, 0.29) is 0 Å². The molecule has 4 rings (SSSR count). The Kier molecular flexibility index (Phi) is 2.95. The van der Waals surface area contributed by atoms with E-state index in [1.54, 1.807) is 6.20 Å². The summed E-state index contributed by atoms with van der Waals surface area (Å²) in [6, 6.07) is 0.428. The second kappa shape index (κ2) is 4.95. The van der Waals surface area contributed by atoms with Crippen molar-refractivity contribution in [1.29, 1.82) is 0 Å². The summed E-state index contributed by atoms with van der Waals surface area (Å²) in [5.74, 6) is 0.571. The first-order valence-electron chi connectivity index (χ1n) is 6.76. The van der Waals surface area contributed by atoms with E-state index in [2.05, 4.69) is 41.0 Å². The fourth-order valence-corrected chi connectivity index (χ4v) is 2.93. The standard InChI is InChI=1S/C11H13N9S/c1-2-12-10-14-8-7(5-13-16-8)9(15-10)21-11-17-18-19-20(11)6-3-4-6/h5-6H,2-4H2,1H3,(H2,12,13,14,15,16). The van der Waals surface area contributed by atoms with Crippen molar-refractivity contribution >= 4 is 28.7 Å². The average molecular weight is 303 g/mol. The predicted molar refractivity (Wildman–Crippen MR) is 76.1 cm³/mol. The van der Waals surface area contributed by atoms with Crippen molar-refractivity contribution in [2.24, 2.45) is 0 Å². The monoisotopic (exact) mass is 303 g/mol. The molecule has 0 bridgehead atoms. The molecule has 0 aromatic carbocycles. The number of rotatable bonds is 5. The molecular formula is C11H13N9S. The molecular weight excluding hydrogens is 290 g/mol. The van der Waals surface area contributed by atoms with Crippen LogP contribution in [0, 0.1) is 0 Å². The zero-order valence-electron chi connectivity index (χ0n) is 11.3. The van der Waals surface area contributed by atoms with E-state index in [0.29, 0.717) is 17.6 Å². The van der Waals surface area contributed by atoms with Gasteiger partial charge in [-0.3, -0.25) is 5.10 Å². The average Bonchev–Trinajstić information content (AvgIpc) is 3.02. The molecule has 1 saturated carbocycles. The van der Waals surface area contributed by atoms with E-state index in [0.717, 1.165) is 35.0 Å². The molecule has 9 nitrogen and oxygen atoms in total. The minimum absolute atomic E-state index is 0.428. The SMILES string of the molecule is CCNc1nc(Sc2nnnn2C2CC2)c2cn[nH]c2n1. The number of aromatic nitrogens is 8. The molecule has 2 N–H and O–H groups in total. The highest BCUT2D eigenvalue weighted by Crippen LogP contribution is 2.38. The van der Waals surface area contributed by atoms with Crippen molar-refractivity contribution < 1.29 is 0 Å². The molecule has 21 heavy (non-hydrogen) atoms. The third kappa shape index (κ3) is 2.31. The summed E-state index contributed by atoms with van der Waals surface area (Å²) in [5, 5.41) is 24.4. The van der Waals surface area contributed by atoms with Gasteiger partial charge in [-0.1, -0.05) is 0 Å². The number of aromatic amines is 1. The number of fused-ring (bicyclic) bond motifs is 1. The van der Waals surface area contributed by atoms with Gasteiger partial charge in [-0.2, -0.15) is 10.1 Å². The Labute approximate surface area is 123 Å².